The Hall–Kier alpha value is -2.15. The lowest BCUT2D eigenvalue weighted by molar-refractivity contribution is 0.0725. The van der Waals surface area contributed by atoms with Crippen LogP contribution < -0.4 is 5.32 Å². The first-order chi connectivity index (χ1) is 9.72. The van der Waals surface area contributed by atoms with Crippen molar-refractivity contribution in [3.8, 4) is 0 Å². The van der Waals surface area contributed by atoms with Gasteiger partial charge >= 0.3 is 0 Å². The van der Waals surface area contributed by atoms with Crippen molar-refractivity contribution in [2.45, 2.75) is 13.5 Å². The van der Waals surface area contributed by atoms with Crippen LogP contribution in [-0.2, 0) is 6.54 Å². The first-order valence-electron chi connectivity index (χ1n) is 6.67. The van der Waals surface area contributed by atoms with E-state index in [-0.39, 0.29) is 5.91 Å². The van der Waals surface area contributed by atoms with Gasteiger partial charge in [-0.15, -0.1) is 0 Å². The number of carbonyl (C=O) groups excluding carboxylic acids is 1. The SMILES string of the molecule is Cc1cnn(Cc2cc(C(=O)N3CCNCC3)no2)c1. The Morgan fingerprint density at radius 1 is 1.45 bits per heavy atom. The number of nitrogens with zero attached hydrogens (tertiary/aromatic N) is 4. The van der Waals surface area contributed by atoms with Gasteiger partial charge in [0.1, 0.15) is 6.54 Å². The van der Waals surface area contributed by atoms with Crippen LogP contribution in [0.3, 0.4) is 0 Å². The molecule has 0 spiro atoms. The summed E-state index contributed by atoms with van der Waals surface area (Å²) in [5.41, 5.74) is 1.45. The van der Waals surface area contributed by atoms with Crippen molar-refractivity contribution in [2.75, 3.05) is 26.2 Å². The minimum absolute atomic E-state index is 0.0712. The van der Waals surface area contributed by atoms with Crippen molar-refractivity contribution in [1.82, 2.24) is 25.2 Å². The van der Waals surface area contributed by atoms with Gasteiger partial charge in [-0.1, -0.05) is 5.16 Å². The molecule has 0 unspecified atom stereocenters. The van der Waals surface area contributed by atoms with Crippen LogP contribution in [0.5, 0.6) is 0 Å². The van der Waals surface area contributed by atoms with Crippen LogP contribution in [0.25, 0.3) is 0 Å². The van der Waals surface area contributed by atoms with Gasteiger partial charge in [0.15, 0.2) is 11.5 Å². The van der Waals surface area contributed by atoms with Crippen molar-refractivity contribution >= 4 is 5.91 Å². The molecule has 3 rings (SSSR count). The molecule has 3 heterocycles. The van der Waals surface area contributed by atoms with Gasteiger partial charge in [0, 0.05) is 38.4 Å². The molecule has 0 radical (unpaired) electrons. The second-order valence-corrected chi connectivity index (χ2v) is 4.94. The van der Waals surface area contributed by atoms with Crippen molar-refractivity contribution in [1.29, 1.82) is 0 Å². The van der Waals surface area contributed by atoms with Gasteiger partial charge in [-0.25, -0.2) is 0 Å². The second kappa shape index (κ2) is 5.46. The fourth-order valence-electron chi connectivity index (χ4n) is 2.23. The molecule has 1 aliphatic rings. The first-order valence-corrected chi connectivity index (χ1v) is 6.67. The maximum absolute atomic E-state index is 12.2. The van der Waals surface area contributed by atoms with Crippen LogP contribution >= 0.6 is 0 Å². The number of piperazine rings is 1. The Morgan fingerprint density at radius 2 is 2.25 bits per heavy atom. The van der Waals surface area contributed by atoms with E-state index in [0.29, 0.717) is 31.1 Å². The van der Waals surface area contributed by atoms with Crippen LogP contribution in [0.15, 0.2) is 23.0 Å². The number of hydrogen-bond donors (Lipinski definition) is 1. The van der Waals surface area contributed by atoms with E-state index in [4.69, 9.17) is 4.52 Å². The molecule has 7 heteroatoms. The predicted molar refractivity (Wildman–Crippen MR) is 71.3 cm³/mol. The summed E-state index contributed by atoms with van der Waals surface area (Å²) < 4.78 is 6.97. The van der Waals surface area contributed by atoms with E-state index in [1.807, 2.05) is 13.1 Å². The van der Waals surface area contributed by atoms with Gasteiger partial charge in [0.2, 0.25) is 0 Å². The minimum Gasteiger partial charge on any atom is -0.359 e. The summed E-state index contributed by atoms with van der Waals surface area (Å²) >= 11 is 0. The third-order valence-electron chi connectivity index (χ3n) is 3.26. The van der Waals surface area contributed by atoms with Crippen LogP contribution in [0.1, 0.15) is 21.8 Å². The molecule has 2 aromatic rings. The van der Waals surface area contributed by atoms with Crippen LogP contribution in [0, 0.1) is 6.92 Å². The van der Waals surface area contributed by atoms with E-state index < -0.39 is 0 Å². The molecular weight excluding hydrogens is 258 g/mol. The zero-order chi connectivity index (χ0) is 13.9. The normalized spacial score (nSPS) is 15.6. The maximum atomic E-state index is 12.2. The van der Waals surface area contributed by atoms with E-state index in [2.05, 4.69) is 15.6 Å². The lowest BCUT2D eigenvalue weighted by atomic mass is 10.3. The highest BCUT2D eigenvalue weighted by molar-refractivity contribution is 5.92. The molecule has 0 aliphatic carbocycles. The molecular formula is C13H17N5O2. The molecule has 0 aromatic carbocycles. The van der Waals surface area contributed by atoms with Gasteiger partial charge in [0.05, 0.1) is 6.20 Å². The van der Waals surface area contributed by atoms with Gasteiger partial charge < -0.3 is 14.7 Å². The van der Waals surface area contributed by atoms with Crippen molar-refractivity contribution in [3.63, 3.8) is 0 Å². The summed E-state index contributed by atoms with van der Waals surface area (Å²) in [7, 11) is 0. The van der Waals surface area contributed by atoms with Gasteiger partial charge in [0.25, 0.3) is 5.91 Å². The summed E-state index contributed by atoms with van der Waals surface area (Å²) in [6.45, 7) is 5.52. The summed E-state index contributed by atoms with van der Waals surface area (Å²) in [5, 5.41) is 11.3. The highest BCUT2D eigenvalue weighted by atomic mass is 16.5. The average molecular weight is 275 g/mol. The van der Waals surface area contributed by atoms with E-state index in [0.717, 1.165) is 18.7 Å². The fourth-order valence-corrected chi connectivity index (χ4v) is 2.23. The molecule has 2 aromatic heterocycles. The monoisotopic (exact) mass is 275 g/mol. The molecule has 1 aliphatic heterocycles. The third-order valence-corrected chi connectivity index (χ3v) is 3.26. The molecule has 1 N–H and O–H groups in total. The third kappa shape index (κ3) is 2.72. The molecule has 1 saturated heterocycles. The number of nitrogens with one attached hydrogen (secondary N) is 1. The molecule has 1 amide bonds. The summed E-state index contributed by atoms with van der Waals surface area (Å²) in [6.07, 6.45) is 3.70. The van der Waals surface area contributed by atoms with Crippen molar-refractivity contribution in [2.24, 2.45) is 0 Å². The quantitative estimate of drug-likeness (QED) is 0.870. The minimum atomic E-state index is -0.0712. The summed E-state index contributed by atoms with van der Waals surface area (Å²) in [6, 6.07) is 1.70. The highest BCUT2D eigenvalue weighted by Crippen LogP contribution is 2.09. The summed E-state index contributed by atoms with van der Waals surface area (Å²) in [5.74, 6) is 0.560. The lowest BCUT2D eigenvalue weighted by Gasteiger charge is -2.26. The van der Waals surface area contributed by atoms with E-state index in [9.17, 15) is 4.79 Å². The van der Waals surface area contributed by atoms with Crippen molar-refractivity contribution in [3.05, 3.63) is 35.5 Å². The number of carbonyl (C=O) groups is 1. The van der Waals surface area contributed by atoms with Crippen LogP contribution in [0.4, 0.5) is 0 Å². The molecule has 1 fully saturated rings. The molecule has 0 bridgehead atoms. The van der Waals surface area contributed by atoms with Crippen LogP contribution in [0.2, 0.25) is 0 Å². The smallest absolute Gasteiger partial charge is 0.276 e. The second-order valence-electron chi connectivity index (χ2n) is 4.94. The Balaban J connectivity index is 1.68. The Bertz CT molecular complexity index is 597. The Labute approximate surface area is 116 Å². The molecule has 0 saturated carbocycles. The predicted octanol–water partition coefficient (Wildman–Crippen LogP) is 0.273. The molecule has 0 atom stereocenters. The number of amides is 1. The fraction of sp³-hybridized carbons (Fsp3) is 0.462. The van der Waals surface area contributed by atoms with Crippen molar-refractivity contribution < 1.29 is 9.32 Å². The van der Waals surface area contributed by atoms with E-state index in [1.54, 1.807) is 21.8 Å². The number of aromatic nitrogens is 3. The largest absolute Gasteiger partial charge is 0.359 e. The topological polar surface area (TPSA) is 76.2 Å². The van der Waals surface area contributed by atoms with Gasteiger partial charge in [-0.05, 0) is 12.5 Å². The first kappa shape index (κ1) is 12.9. The Morgan fingerprint density at radius 3 is 2.95 bits per heavy atom. The number of rotatable bonds is 3. The lowest BCUT2D eigenvalue weighted by Crippen LogP contribution is -2.46. The Kier molecular flexibility index (Phi) is 3.51. The maximum Gasteiger partial charge on any atom is 0.276 e. The zero-order valence-corrected chi connectivity index (χ0v) is 11.4. The number of aryl methyl sites for hydroxylation is 1. The molecule has 7 nitrogen and oxygen atoms in total. The number of hydrogen-bond acceptors (Lipinski definition) is 5. The summed E-state index contributed by atoms with van der Waals surface area (Å²) in [4.78, 5) is 14.0. The molecule has 106 valence electrons. The zero-order valence-electron chi connectivity index (χ0n) is 11.4. The average Bonchev–Trinajstić information content (AvgIpc) is 3.09. The van der Waals surface area contributed by atoms with E-state index in [1.165, 1.54) is 0 Å². The van der Waals surface area contributed by atoms with E-state index >= 15 is 0 Å². The van der Waals surface area contributed by atoms with Gasteiger partial charge in [-0.3, -0.25) is 9.48 Å². The standard InChI is InChI=1S/C13H17N5O2/c1-10-7-15-18(8-10)9-11-6-12(16-20-11)13(19)17-4-2-14-3-5-17/h6-8,14H,2-5,9H2,1H3. The highest BCUT2D eigenvalue weighted by Gasteiger charge is 2.21. The van der Waals surface area contributed by atoms with Gasteiger partial charge in [-0.2, -0.15) is 5.10 Å². The van der Waals surface area contributed by atoms with Crippen LogP contribution in [-0.4, -0.2) is 51.9 Å². The molecule has 20 heavy (non-hydrogen) atoms.